The molecule has 1 saturated heterocycles. The third-order valence-electron chi connectivity index (χ3n) is 6.82. The van der Waals surface area contributed by atoms with Crippen LogP contribution in [-0.4, -0.2) is 38.6 Å². The summed E-state index contributed by atoms with van der Waals surface area (Å²) in [4.78, 5) is 4.73. The molecule has 0 amide bonds. The van der Waals surface area contributed by atoms with E-state index in [0.29, 0.717) is 0 Å². The summed E-state index contributed by atoms with van der Waals surface area (Å²) >= 11 is 0. The first kappa shape index (κ1) is 22.8. The lowest BCUT2D eigenvalue weighted by molar-refractivity contribution is -0.115. The molecule has 2 aliphatic rings. The Kier molecular flexibility index (Phi) is 8.29. The molecule has 1 saturated carbocycles. The molecule has 0 bridgehead atoms. The highest BCUT2D eigenvalue weighted by Crippen LogP contribution is 2.52. The minimum atomic E-state index is 0.0355. The lowest BCUT2D eigenvalue weighted by Gasteiger charge is -2.47. The van der Waals surface area contributed by atoms with Gasteiger partial charge in [0.05, 0.1) is 12.7 Å². The molecule has 1 N–H and O–H groups in total. The third kappa shape index (κ3) is 5.83. The summed E-state index contributed by atoms with van der Waals surface area (Å²) in [6.45, 7) is 9.20. The molecule has 4 nitrogen and oxygen atoms in total. The Hall–Kier alpha value is -1.91. The van der Waals surface area contributed by atoms with Crippen LogP contribution in [0.5, 0.6) is 5.75 Å². The molecule has 0 unspecified atom stereocenters. The summed E-state index contributed by atoms with van der Waals surface area (Å²) in [6.07, 6.45) is 15.0. The monoisotopic (exact) mass is 410 g/mol. The molecule has 0 aromatic heterocycles. The van der Waals surface area contributed by atoms with Gasteiger partial charge in [-0.15, -0.1) is 0 Å². The molecule has 1 aliphatic heterocycles. The maximum atomic E-state index is 6.32. The van der Waals surface area contributed by atoms with Crippen LogP contribution in [0.1, 0.15) is 57.4 Å². The maximum Gasteiger partial charge on any atom is 0.118 e. The molecular weight excluding hydrogens is 372 g/mol. The quantitative estimate of drug-likeness (QED) is 0.410. The van der Waals surface area contributed by atoms with Gasteiger partial charge in [-0.2, -0.15) is 0 Å². The van der Waals surface area contributed by atoms with E-state index in [9.17, 15) is 0 Å². The summed E-state index contributed by atoms with van der Waals surface area (Å²) in [6, 6.07) is 8.34. The van der Waals surface area contributed by atoms with Crippen molar-refractivity contribution in [3.8, 4) is 5.75 Å². The van der Waals surface area contributed by atoms with Crippen molar-refractivity contribution in [1.29, 1.82) is 0 Å². The highest BCUT2D eigenvalue weighted by Gasteiger charge is 2.48. The van der Waals surface area contributed by atoms with Gasteiger partial charge in [0.2, 0.25) is 0 Å². The molecule has 2 fully saturated rings. The smallest absolute Gasteiger partial charge is 0.118 e. The summed E-state index contributed by atoms with van der Waals surface area (Å²) in [5.41, 5.74) is 2.44. The molecular formula is C26H38N2O2. The molecule has 164 valence electrons. The van der Waals surface area contributed by atoms with Crippen LogP contribution in [0.3, 0.4) is 0 Å². The van der Waals surface area contributed by atoms with E-state index in [2.05, 4.69) is 24.0 Å². The number of ether oxygens (including phenoxy) is 2. The topological polar surface area (TPSA) is 42.9 Å². The second-order valence-corrected chi connectivity index (χ2v) is 8.79. The first-order chi connectivity index (χ1) is 14.6. The van der Waals surface area contributed by atoms with Gasteiger partial charge in [0.1, 0.15) is 5.75 Å². The standard InChI is InChI=1S/C26H38N2O2/c1-4-5-17-28-22(2)25(16-20-30-26(21-25)13-6-7-14-26)15-19-27-18-12-23-8-10-24(29-3)11-9-23/h4-5,8-11,17,27H,2,6-7,12-16,18-21H2,1,3H3/b5-4-,28-17?/t25-/m1/s1. The van der Waals surface area contributed by atoms with Crippen molar-refractivity contribution in [3.05, 3.63) is 54.3 Å². The van der Waals surface area contributed by atoms with Crippen molar-refractivity contribution in [2.45, 2.75) is 63.9 Å². The predicted octanol–water partition coefficient (Wildman–Crippen LogP) is 5.49. The molecule has 1 spiro atoms. The van der Waals surface area contributed by atoms with Crippen LogP contribution < -0.4 is 10.1 Å². The molecule has 1 aromatic rings. The van der Waals surface area contributed by atoms with Crippen molar-refractivity contribution in [3.63, 3.8) is 0 Å². The van der Waals surface area contributed by atoms with Crippen LogP contribution in [0, 0.1) is 5.41 Å². The van der Waals surface area contributed by atoms with Gasteiger partial charge in [-0.1, -0.05) is 37.6 Å². The lowest BCUT2D eigenvalue weighted by atomic mass is 9.68. The Labute approximate surface area is 182 Å². The Morgan fingerprint density at radius 3 is 2.67 bits per heavy atom. The number of nitrogens with one attached hydrogen (secondary N) is 1. The fourth-order valence-electron chi connectivity index (χ4n) is 5.00. The zero-order valence-corrected chi connectivity index (χ0v) is 18.8. The highest BCUT2D eigenvalue weighted by atomic mass is 16.5. The number of benzene rings is 1. The highest BCUT2D eigenvalue weighted by molar-refractivity contribution is 5.72. The van der Waals surface area contributed by atoms with Gasteiger partial charge in [0.25, 0.3) is 0 Å². The Balaban J connectivity index is 1.57. The van der Waals surface area contributed by atoms with E-state index < -0.39 is 0 Å². The molecule has 1 heterocycles. The van der Waals surface area contributed by atoms with Crippen LogP contribution in [0.4, 0.5) is 0 Å². The van der Waals surface area contributed by atoms with E-state index in [1.54, 1.807) is 7.11 Å². The van der Waals surface area contributed by atoms with Gasteiger partial charge in [-0.05, 0) is 82.3 Å². The van der Waals surface area contributed by atoms with E-state index >= 15 is 0 Å². The summed E-state index contributed by atoms with van der Waals surface area (Å²) < 4.78 is 11.6. The fourth-order valence-corrected chi connectivity index (χ4v) is 5.00. The molecule has 1 aromatic carbocycles. The van der Waals surface area contributed by atoms with Crippen molar-refractivity contribution in [2.24, 2.45) is 10.4 Å². The van der Waals surface area contributed by atoms with Gasteiger partial charge in [0.15, 0.2) is 0 Å². The Bertz CT molecular complexity index is 732. The molecule has 4 heteroatoms. The van der Waals surface area contributed by atoms with Crippen LogP contribution in [0.15, 0.2) is 53.7 Å². The number of hydrogen-bond acceptors (Lipinski definition) is 4. The van der Waals surface area contributed by atoms with Gasteiger partial charge < -0.3 is 14.8 Å². The van der Waals surface area contributed by atoms with E-state index in [1.807, 2.05) is 37.4 Å². The maximum absolute atomic E-state index is 6.32. The predicted molar refractivity (Wildman–Crippen MR) is 125 cm³/mol. The lowest BCUT2D eigenvalue weighted by Crippen LogP contribution is -2.45. The van der Waals surface area contributed by atoms with Crippen molar-refractivity contribution in [2.75, 3.05) is 26.8 Å². The zero-order valence-electron chi connectivity index (χ0n) is 18.8. The molecule has 0 radical (unpaired) electrons. The minimum Gasteiger partial charge on any atom is -0.497 e. The molecule has 1 atom stereocenters. The summed E-state index contributed by atoms with van der Waals surface area (Å²) in [5.74, 6) is 0.908. The van der Waals surface area contributed by atoms with Gasteiger partial charge in [-0.25, -0.2) is 0 Å². The van der Waals surface area contributed by atoms with E-state index in [-0.39, 0.29) is 11.0 Å². The van der Waals surface area contributed by atoms with Gasteiger partial charge in [-0.3, -0.25) is 4.99 Å². The fraction of sp³-hybridized carbons (Fsp3) is 0.577. The van der Waals surface area contributed by atoms with Gasteiger partial charge in [0, 0.05) is 23.9 Å². The van der Waals surface area contributed by atoms with Crippen LogP contribution in [-0.2, 0) is 11.2 Å². The SMILES string of the molecule is C=C(N=C/C=C\C)[C@]1(CCNCCc2ccc(OC)cc2)CCOC2(CCCC2)C1. The molecule has 3 rings (SSSR count). The number of methoxy groups -OCH3 is 1. The van der Waals surface area contributed by atoms with Gasteiger partial charge >= 0.3 is 0 Å². The Morgan fingerprint density at radius 2 is 1.97 bits per heavy atom. The first-order valence-electron chi connectivity index (χ1n) is 11.4. The average Bonchev–Trinajstić information content (AvgIpc) is 3.21. The Morgan fingerprint density at radius 1 is 1.20 bits per heavy atom. The van der Waals surface area contributed by atoms with Crippen molar-refractivity contribution in [1.82, 2.24) is 5.32 Å². The van der Waals surface area contributed by atoms with E-state index in [4.69, 9.17) is 14.5 Å². The number of nitrogens with zero attached hydrogens (tertiary/aromatic N) is 1. The largest absolute Gasteiger partial charge is 0.497 e. The van der Waals surface area contributed by atoms with Crippen LogP contribution >= 0.6 is 0 Å². The summed E-state index contributed by atoms with van der Waals surface area (Å²) in [5, 5.41) is 3.66. The van der Waals surface area contributed by atoms with Crippen LogP contribution in [0.2, 0.25) is 0 Å². The first-order valence-corrected chi connectivity index (χ1v) is 11.4. The van der Waals surface area contributed by atoms with E-state index in [1.165, 1.54) is 31.2 Å². The normalized spacial score (nSPS) is 23.5. The van der Waals surface area contributed by atoms with Crippen molar-refractivity contribution < 1.29 is 9.47 Å². The van der Waals surface area contributed by atoms with Crippen LogP contribution in [0.25, 0.3) is 0 Å². The molecule has 30 heavy (non-hydrogen) atoms. The minimum absolute atomic E-state index is 0.0355. The number of allylic oxidation sites excluding steroid dienone is 3. The molecule has 1 aliphatic carbocycles. The third-order valence-corrected chi connectivity index (χ3v) is 6.82. The summed E-state index contributed by atoms with van der Waals surface area (Å²) in [7, 11) is 1.70. The second-order valence-electron chi connectivity index (χ2n) is 8.79. The van der Waals surface area contributed by atoms with E-state index in [0.717, 1.165) is 56.8 Å². The number of aliphatic imine (C=N–C) groups is 1. The zero-order chi connectivity index (χ0) is 21.3. The van der Waals surface area contributed by atoms with Crippen molar-refractivity contribution >= 4 is 6.21 Å². The average molecular weight is 411 g/mol. The number of hydrogen-bond donors (Lipinski definition) is 1. The second kappa shape index (κ2) is 10.9. The number of rotatable bonds is 10.